The van der Waals surface area contributed by atoms with E-state index >= 15 is 0 Å². The summed E-state index contributed by atoms with van der Waals surface area (Å²) in [5.74, 6) is 4.47. The van der Waals surface area contributed by atoms with Crippen molar-refractivity contribution in [3.8, 4) is 0 Å². The largest absolute Gasteiger partial charge is 0.459 e. The van der Waals surface area contributed by atoms with E-state index in [9.17, 15) is 0 Å². The zero-order chi connectivity index (χ0) is 13.2. The molecule has 0 bridgehead atoms. The summed E-state index contributed by atoms with van der Waals surface area (Å²) < 4.78 is 7.00. The molecule has 2 nitrogen and oxygen atoms in total. The van der Waals surface area contributed by atoms with Crippen molar-refractivity contribution in [2.45, 2.75) is 19.4 Å². The second-order valence-electron chi connectivity index (χ2n) is 5.19. The fourth-order valence-electron chi connectivity index (χ4n) is 2.44. The van der Waals surface area contributed by atoms with Crippen LogP contribution >= 0.6 is 27.7 Å². The van der Waals surface area contributed by atoms with Crippen molar-refractivity contribution in [1.29, 1.82) is 0 Å². The van der Waals surface area contributed by atoms with Gasteiger partial charge in [-0.2, -0.15) is 11.8 Å². The summed E-state index contributed by atoms with van der Waals surface area (Å²) in [5, 5.41) is 4.76. The maximum absolute atomic E-state index is 5.91. The van der Waals surface area contributed by atoms with E-state index in [1.54, 1.807) is 0 Å². The van der Waals surface area contributed by atoms with Gasteiger partial charge >= 0.3 is 0 Å². The molecule has 1 fully saturated rings. The molecular formula is C15H18BrNOS. The highest BCUT2D eigenvalue weighted by molar-refractivity contribution is 9.10. The zero-order valence-electron chi connectivity index (χ0n) is 11.0. The van der Waals surface area contributed by atoms with Gasteiger partial charge in [0.2, 0.25) is 0 Å². The van der Waals surface area contributed by atoms with Crippen LogP contribution in [0.2, 0.25) is 0 Å². The van der Waals surface area contributed by atoms with Gasteiger partial charge in [-0.1, -0.05) is 15.9 Å². The van der Waals surface area contributed by atoms with Gasteiger partial charge in [-0.25, -0.2) is 0 Å². The van der Waals surface area contributed by atoms with Crippen LogP contribution in [0.4, 0.5) is 0 Å². The SMILES string of the molecule is CC(NCC1CCSC1)c1cc2cc(Br)ccc2o1. The Labute approximate surface area is 126 Å². The molecule has 1 aliphatic heterocycles. The Balaban J connectivity index is 1.68. The van der Waals surface area contributed by atoms with Gasteiger partial charge in [-0.05, 0) is 61.6 Å². The Hall–Kier alpha value is -0.450. The Bertz CT molecular complexity index is 562. The molecule has 0 saturated carbocycles. The van der Waals surface area contributed by atoms with Crippen LogP contribution in [-0.2, 0) is 0 Å². The van der Waals surface area contributed by atoms with Gasteiger partial charge in [-0.15, -0.1) is 0 Å². The third-order valence-electron chi connectivity index (χ3n) is 3.66. The fourth-order valence-corrected chi connectivity index (χ4v) is 4.10. The maximum Gasteiger partial charge on any atom is 0.134 e. The van der Waals surface area contributed by atoms with Gasteiger partial charge in [0.15, 0.2) is 0 Å². The molecule has 1 aliphatic rings. The highest BCUT2D eigenvalue weighted by Crippen LogP contribution is 2.27. The van der Waals surface area contributed by atoms with E-state index in [-0.39, 0.29) is 6.04 Å². The summed E-state index contributed by atoms with van der Waals surface area (Å²) in [6.07, 6.45) is 1.34. The molecule has 1 aromatic heterocycles. The lowest BCUT2D eigenvalue weighted by Gasteiger charge is -2.14. The maximum atomic E-state index is 5.91. The first-order valence-electron chi connectivity index (χ1n) is 6.72. The third kappa shape index (κ3) is 3.18. The van der Waals surface area contributed by atoms with E-state index in [0.717, 1.165) is 33.7 Å². The first-order chi connectivity index (χ1) is 9.22. The molecule has 4 heteroatoms. The summed E-state index contributed by atoms with van der Waals surface area (Å²) in [6.45, 7) is 3.27. The minimum Gasteiger partial charge on any atom is -0.459 e. The molecule has 2 unspecified atom stereocenters. The summed E-state index contributed by atoms with van der Waals surface area (Å²) in [4.78, 5) is 0. The Kier molecular flexibility index (Phi) is 4.20. The lowest BCUT2D eigenvalue weighted by molar-refractivity contribution is 0.419. The Morgan fingerprint density at radius 3 is 3.16 bits per heavy atom. The zero-order valence-corrected chi connectivity index (χ0v) is 13.4. The molecule has 1 saturated heterocycles. The molecule has 0 aliphatic carbocycles. The number of halogens is 1. The van der Waals surface area contributed by atoms with Gasteiger partial charge in [-0.3, -0.25) is 0 Å². The number of rotatable bonds is 4. The molecular weight excluding hydrogens is 322 g/mol. The van der Waals surface area contributed by atoms with Crippen LogP contribution < -0.4 is 5.32 Å². The summed E-state index contributed by atoms with van der Waals surface area (Å²) in [5.41, 5.74) is 0.961. The predicted octanol–water partition coefficient (Wildman–Crippen LogP) is 4.60. The van der Waals surface area contributed by atoms with Gasteiger partial charge < -0.3 is 9.73 Å². The average molecular weight is 340 g/mol. The number of nitrogens with one attached hydrogen (secondary N) is 1. The van der Waals surface area contributed by atoms with Crippen molar-refractivity contribution >= 4 is 38.7 Å². The third-order valence-corrected chi connectivity index (χ3v) is 5.39. The van der Waals surface area contributed by atoms with E-state index in [1.165, 1.54) is 17.9 Å². The number of hydrogen-bond donors (Lipinski definition) is 1. The van der Waals surface area contributed by atoms with Crippen molar-refractivity contribution in [2.75, 3.05) is 18.1 Å². The molecule has 1 aromatic carbocycles. The fraction of sp³-hybridized carbons (Fsp3) is 0.467. The van der Waals surface area contributed by atoms with Crippen molar-refractivity contribution in [3.05, 3.63) is 34.5 Å². The van der Waals surface area contributed by atoms with E-state index in [0.29, 0.717) is 0 Å². The Morgan fingerprint density at radius 1 is 1.47 bits per heavy atom. The molecule has 0 radical (unpaired) electrons. The lowest BCUT2D eigenvalue weighted by Crippen LogP contribution is -2.25. The summed E-state index contributed by atoms with van der Waals surface area (Å²) in [7, 11) is 0. The quantitative estimate of drug-likeness (QED) is 0.881. The number of benzene rings is 1. The van der Waals surface area contributed by atoms with E-state index in [4.69, 9.17) is 4.42 Å². The minimum atomic E-state index is 0.275. The van der Waals surface area contributed by atoms with Crippen LogP contribution in [-0.4, -0.2) is 18.1 Å². The van der Waals surface area contributed by atoms with Gasteiger partial charge in [0.05, 0.1) is 6.04 Å². The summed E-state index contributed by atoms with van der Waals surface area (Å²) >= 11 is 5.56. The molecule has 2 heterocycles. The molecule has 1 N–H and O–H groups in total. The number of furan rings is 1. The standard InChI is InChI=1S/C15H18BrNOS/c1-10(17-8-11-4-5-19-9-11)15-7-12-6-13(16)2-3-14(12)18-15/h2-3,6-7,10-11,17H,4-5,8-9H2,1H3. The first-order valence-corrected chi connectivity index (χ1v) is 8.67. The molecule has 102 valence electrons. The van der Waals surface area contributed by atoms with Crippen LogP contribution in [0.1, 0.15) is 25.1 Å². The van der Waals surface area contributed by atoms with Crippen LogP contribution in [0.5, 0.6) is 0 Å². The van der Waals surface area contributed by atoms with Gasteiger partial charge in [0, 0.05) is 9.86 Å². The summed E-state index contributed by atoms with van der Waals surface area (Å²) in [6, 6.07) is 8.55. The van der Waals surface area contributed by atoms with E-state index in [1.807, 2.05) is 12.1 Å². The molecule has 19 heavy (non-hydrogen) atoms. The minimum absolute atomic E-state index is 0.275. The normalized spacial score (nSPS) is 21.1. The molecule has 2 aromatic rings. The van der Waals surface area contributed by atoms with Crippen LogP contribution in [0.25, 0.3) is 11.0 Å². The van der Waals surface area contributed by atoms with Crippen molar-refractivity contribution in [2.24, 2.45) is 5.92 Å². The Morgan fingerprint density at radius 2 is 2.37 bits per heavy atom. The number of thioether (sulfide) groups is 1. The van der Waals surface area contributed by atoms with Crippen molar-refractivity contribution in [3.63, 3.8) is 0 Å². The van der Waals surface area contributed by atoms with Gasteiger partial charge in [0.25, 0.3) is 0 Å². The molecule has 3 rings (SSSR count). The van der Waals surface area contributed by atoms with E-state index in [2.05, 4.69) is 52.1 Å². The van der Waals surface area contributed by atoms with E-state index < -0.39 is 0 Å². The smallest absolute Gasteiger partial charge is 0.134 e. The predicted molar refractivity (Wildman–Crippen MR) is 85.8 cm³/mol. The number of fused-ring (bicyclic) bond motifs is 1. The molecule has 2 atom stereocenters. The first kappa shape index (κ1) is 13.5. The van der Waals surface area contributed by atoms with Crippen molar-refractivity contribution in [1.82, 2.24) is 5.32 Å². The molecule has 0 amide bonds. The van der Waals surface area contributed by atoms with Crippen LogP contribution in [0.15, 0.2) is 33.2 Å². The lowest BCUT2D eigenvalue weighted by atomic mass is 10.1. The second kappa shape index (κ2) is 5.90. The number of hydrogen-bond acceptors (Lipinski definition) is 3. The van der Waals surface area contributed by atoms with Crippen molar-refractivity contribution < 1.29 is 4.42 Å². The topological polar surface area (TPSA) is 25.2 Å². The van der Waals surface area contributed by atoms with Gasteiger partial charge in [0.1, 0.15) is 11.3 Å². The average Bonchev–Trinajstić information content (AvgIpc) is 3.04. The highest BCUT2D eigenvalue weighted by atomic mass is 79.9. The highest BCUT2D eigenvalue weighted by Gasteiger charge is 2.17. The monoisotopic (exact) mass is 339 g/mol. The van der Waals surface area contributed by atoms with Crippen LogP contribution in [0.3, 0.4) is 0 Å². The second-order valence-corrected chi connectivity index (χ2v) is 7.26. The molecule has 0 spiro atoms. The van der Waals surface area contributed by atoms with Crippen LogP contribution in [0, 0.1) is 5.92 Å².